The van der Waals surface area contributed by atoms with Crippen molar-refractivity contribution in [3.63, 3.8) is 0 Å². The van der Waals surface area contributed by atoms with Crippen molar-refractivity contribution in [1.29, 1.82) is 0 Å². The highest BCUT2D eigenvalue weighted by Crippen LogP contribution is 2.23. The smallest absolute Gasteiger partial charge is 0.159 e. The van der Waals surface area contributed by atoms with Crippen molar-refractivity contribution in [3.8, 4) is 0 Å². The lowest BCUT2D eigenvalue weighted by atomic mass is 10.0. The van der Waals surface area contributed by atoms with E-state index in [2.05, 4.69) is 4.90 Å². The van der Waals surface area contributed by atoms with Gasteiger partial charge in [-0.1, -0.05) is 43.3 Å². The van der Waals surface area contributed by atoms with Crippen molar-refractivity contribution in [2.45, 2.75) is 19.5 Å². The molecule has 112 valence electrons. The molecule has 2 aromatic carbocycles. The molecule has 2 nitrogen and oxygen atoms in total. The van der Waals surface area contributed by atoms with Crippen LogP contribution in [0.25, 0.3) is 0 Å². The van der Waals surface area contributed by atoms with Gasteiger partial charge >= 0.3 is 0 Å². The summed E-state index contributed by atoms with van der Waals surface area (Å²) in [5, 5.41) is 0. The summed E-state index contributed by atoms with van der Waals surface area (Å²) < 4.78 is 26.5. The van der Waals surface area contributed by atoms with Gasteiger partial charge in [0.15, 0.2) is 11.6 Å². The highest BCUT2D eigenvalue weighted by atomic mass is 19.2. The molecule has 0 spiro atoms. The van der Waals surface area contributed by atoms with Crippen LogP contribution < -0.4 is 5.73 Å². The quantitative estimate of drug-likeness (QED) is 0.882. The molecule has 0 heterocycles. The first kappa shape index (κ1) is 15.6. The van der Waals surface area contributed by atoms with Gasteiger partial charge < -0.3 is 5.73 Å². The minimum Gasteiger partial charge on any atom is -0.329 e. The molecule has 0 bridgehead atoms. The molecule has 4 heteroatoms. The van der Waals surface area contributed by atoms with Crippen LogP contribution in [0.3, 0.4) is 0 Å². The molecular weight excluding hydrogens is 270 g/mol. The number of halogens is 2. The summed E-state index contributed by atoms with van der Waals surface area (Å²) in [5.74, 6) is -1.66. The maximum Gasteiger partial charge on any atom is 0.159 e. The van der Waals surface area contributed by atoms with E-state index in [9.17, 15) is 8.78 Å². The molecule has 0 fully saturated rings. The number of rotatable bonds is 6. The maximum absolute atomic E-state index is 13.4. The summed E-state index contributed by atoms with van der Waals surface area (Å²) in [6.45, 7) is 3.88. The van der Waals surface area contributed by atoms with Gasteiger partial charge in [0.05, 0.1) is 0 Å². The third kappa shape index (κ3) is 3.86. The zero-order valence-corrected chi connectivity index (χ0v) is 12.1. The third-order valence-corrected chi connectivity index (χ3v) is 3.63. The lowest BCUT2D eigenvalue weighted by Crippen LogP contribution is -2.33. The van der Waals surface area contributed by atoms with Crippen LogP contribution in [-0.2, 0) is 6.54 Å². The van der Waals surface area contributed by atoms with Gasteiger partial charge in [-0.15, -0.1) is 0 Å². The molecule has 0 saturated carbocycles. The SMILES string of the molecule is CCN(Cc1ccccc1)C(CN)c1ccc(F)c(F)c1. The Morgan fingerprint density at radius 3 is 2.33 bits per heavy atom. The molecule has 21 heavy (non-hydrogen) atoms. The van der Waals surface area contributed by atoms with E-state index in [0.29, 0.717) is 12.1 Å². The molecule has 0 saturated heterocycles. The van der Waals surface area contributed by atoms with Gasteiger partial charge in [0.2, 0.25) is 0 Å². The normalized spacial score (nSPS) is 12.6. The van der Waals surface area contributed by atoms with Crippen LogP contribution in [0.1, 0.15) is 24.1 Å². The molecule has 0 aromatic heterocycles. The fourth-order valence-electron chi connectivity index (χ4n) is 2.48. The predicted molar refractivity (Wildman–Crippen MR) is 80.7 cm³/mol. The van der Waals surface area contributed by atoms with Gasteiger partial charge in [-0.3, -0.25) is 4.90 Å². The van der Waals surface area contributed by atoms with Crippen molar-refractivity contribution in [2.75, 3.05) is 13.1 Å². The predicted octanol–water partition coefficient (Wildman–Crippen LogP) is 3.49. The van der Waals surface area contributed by atoms with Crippen molar-refractivity contribution in [3.05, 3.63) is 71.3 Å². The fraction of sp³-hybridized carbons (Fsp3) is 0.294. The summed E-state index contributed by atoms with van der Waals surface area (Å²) >= 11 is 0. The Morgan fingerprint density at radius 2 is 1.76 bits per heavy atom. The Balaban J connectivity index is 2.22. The van der Waals surface area contributed by atoms with E-state index >= 15 is 0 Å². The summed E-state index contributed by atoms with van der Waals surface area (Å²) in [6.07, 6.45) is 0. The van der Waals surface area contributed by atoms with Crippen LogP contribution in [0.4, 0.5) is 8.78 Å². The second-order valence-electron chi connectivity index (χ2n) is 4.97. The lowest BCUT2D eigenvalue weighted by Gasteiger charge is -2.30. The van der Waals surface area contributed by atoms with Crippen molar-refractivity contribution in [1.82, 2.24) is 4.90 Å². The van der Waals surface area contributed by atoms with Crippen LogP contribution in [0.15, 0.2) is 48.5 Å². The first-order chi connectivity index (χ1) is 10.2. The molecule has 2 N–H and O–H groups in total. The average molecular weight is 290 g/mol. The minimum atomic E-state index is -0.833. The zero-order valence-electron chi connectivity index (χ0n) is 12.1. The molecule has 1 atom stereocenters. The van der Waals surface area contributed by atoms with Crippen LogP contribution in [0.2, 0.25) is 0 Å². The summed E-state index contributed by atoms with van der Waals surface area (Å²) in [5.41, 5.74) is 7.74. The van der Waals surface area contributed by atoms with Gasteiger partial charge in [0.25, 0.3) is 0 Å². The second kappa shape index (κ2) is 7.29. The van der Waals surface area contributed by atoms with E-state index in [0.717, 1.165) is 19.2 Å². The Bertz CT molecular complexity index is 572. The number of likely N-dealkylation sites (N-methyl/N-ethyl adjacent to an activating group) is 1. The van der Waals surface area contributed by atoms with E-state index in [1.165, 1.54) is 11.6 Å². The first-order valence-corrected chi connectivity index (χ1v) is 7.08. The lowest BCUT2D eigenvalue weighted by molar-refractivity contribution is 0.203. The Hall–Kier alpha value is -1.78. The zero-order chi connectivity index (χ0) is 15.2. The molecule has 0 radical (unpaired) electrons. The third-order valence-electron chi connectivity index (χ3n) is 3.63. The Morgan fingerprint density at radius 1 is 1.05 bits per heavy atom. The maximum atomic E-state index is 13.4. The average Bonchev–Trinajstić information content (AvgIpc) is 2.51. The van der Waals surface area contributed by atoms with Crippen LogP contribution in [0.5, 0.6) is 0 Å². The summed E-state index contributed by atoms with van der Waals surface area (Å²) in [4.78, 5) is 2.15. The van der Waals surface area contributed by atoms with Crippen molar-refractivity contribution in [2.24, 2.45) is 5.73 Å². The highest BCUT2D eigenvalue weighted by Gasteiger charge is 2.19. The van der Waals surface area contributed by atoms with Gasteiger partial charge in [0, 0.05) is 19.1 Å². The van der Waals surface area contributed by atoms with Gasteiger partial charge in [-0.05, 0) is 29.8 Å². The van der Waals surface area contributed by atoms with Gasteiger partial charge in [-0.2, -0.15) is 0 Å². The number of hydrogen-bond donors (Lipinski definition) is 1. The number of nitrogens with zero attached hydrogens (tertiary/aromatic N) is 1. The molecule has 2 aromatic rings. The largest absolute Gasteiger partial charge is 0.329 e. The molecule has 2 rings (SSSR count). The monoisotopic (exact) mass is 290 g/mol. The number of hydrogen-bond acceptors (Lipinski definition) is 2. The van der Waals surface area contributed by atoms with E-state index in [1.54, 1.807) is 6.07 Å². The van der Waals surface area contributed by atoms with Gasteiger partial charge in [-0.25, -0.2) is 8.78 Å². The number of nitrogens with two attached hydrogens (primary N) is 1. The first-order valence-electron chi connectivity index (χ1n) is 7.08. The van der Waals surface area contributed by atoms with E-state index < -0.39 is 11.6 Å². The van der Waals surface area contributed by atoms with Crippen molar-refractivity contribution >= 4 is 0 Å². The van der Waals surface area contributed by atoms with E-state index in [-0.39, 0.29) is 6.04 Å². The number of benzene rings is 2. The molecule has 0 aliphatic heterocycles. The van der Waals surface area contributed by atoms with Gasteiger partial charge in [0.1, 0.15) is 0 Å². The van der Waals surface area contributed by atoms with E-state index in [1.807, 2.05) is 37.3 Å². The van der Waals surface area contributed by atoms with Crippen LogP contribution >= 0.6 is 0 Å². The second-order valence-corrected chi connectivity index (χ2v) is 4.97. The molecular formula is C17H20F2N2. The molecule has 0 amide bonds. The van der Waals surface area contributed by atoms with E-state index in [4.69, 9.17) is 5.73 Å². The Labute approximate surface area is 124 Å². The topological polar surface area (TPSA) is 29.3 Å². The molecule has 0 aliphatic rings. The standard InChI is InChI=1S/C17H20F2N2/c1-2-21(12-13-6-4-3-5-7-13)17(11-20)14-8-9-15(18)16(19)10-14/h3-10,17H,2,11-12,20H2,1H3. The molecule has 1 unspecified atom stereocenters. The van der Waals surface area contributed by atoms with Crippen molar-refractivity contribution < 1.29 is 8.78 Å². The Kier molecular flexibility index (Phi) is 5.42. The summed E-state index contributed by atoms with van der Waals surface area (Å²) in [6, 6.07) is 13.9. The van der Waals surface area contributed by atoms with Crippen LogP contribution in [-0.4, -0.2) is 18.0 Å². The molecule has 0 aliphatic carbocycles. The van der Waals surface area contributed by atoms with Crippen LogP contribution in [0, 0.1) is 11.6 Å². The minimum absolute atomic E-state index is 0.134. The fourth-order valence-corrected chi connectivity index (χ4v) is 2.48. The highest BCUT2D eigenvalue weighted by molar-refractivity contribution is 5.22. The summed E-state index contributed by atoms with van der Waals surface area (Å²) in [7, 11) is 0.